The number of halogens is 1. The minimum atomic E-state index is -0.383. The highest BCUT2D eigenvalue weighted by molar-refractivity contribution is 7.19. The van der Waals surface area contributed by atoms with Gasteiger partial charge in [-0.1, -0.05) is 115 Å². The average Bonchev–Trinajstić information content (AvgIpc) is 1.61. The lowest BCUT2D eigenvalue weighted by molar-refractivity contribution is 0.241. The maximum Gasteiger partial charge on any atom is 0.325 e. The molecule has 0 aliphatic carbocycles. The fourth-order valence-electron chi connectivity index (χ4n) is 15.7. The minimum Gasteiger partial charge on any atom is -0.438 e. The summed E-state index contributed by atoms with van der Waals surface area (Å²) in [6.45, 7) is 8.94. The predicted octanol–water partition coefficient (Wildman–Crippen LogP) is 22.1. The number of urea groups is 4. The normalized spacial score (nSPS) is 11.6. The number of benzene rings is 6. The van der Waals surface area contributed by atoms with Gasteiger partial charge in [-0.05, 0) is 194 Å². The molecule has 1 aliphatic heterocycles. The number of thiophene rings is 3. The smallest absolute Gasteiger partial charge is 0.325 e. The van der Waals surface area contributed by atoms with Gasteiger partial charge in [0.1, 0.15) is 40.9 Å². The van der Waals surface area contributed by atoms with Crippen molar-refractivity contribution < 1.29 is 23.6 Å². The fraction of sp³-hybridized carbons (Fsp3) is 0.240. The molecule has 0 unspecified atom stereocenters. The van der Waals surface area contributed by atoms with Gasteiger partial charge < -0.3 is 71.9 Å². The number of amides is 8. The van der Waals surface area contributed by atoms with E-state index in [1.54, 1.807) is 95.5 Å². The highest BCUT2D eigenvalue weighted by Crippen LogP contribution is 2.41. The van der Waals surface area contributed by atoms with Gasteiger partial charge in [-0.15, -0.1) is 68.0 Å². The lowest BCUT2D eigenvalue weighted by Crippen LogP contribution is -2.32. The van der Waals surface area contributed by atoms with Crippen LogP contribution in [0.2, 0.25) is 5.02 Å². The van der Waals surface area contributed by atoms with Crippen LogP contribution in [-0.4, -0.2) is 191 Å². The third-order valence-electron chi connectivity index (χ3n) is 22.3. The topological polar surface area (TPSA) is 416 Å². The molecule has 0 atom stereocenters. The molecule has 12 N–H and O–H groups in total. The summed E-state index contributed by atoms with van der Waals surface area (Å²) in [6.07, 6.45) is 16.7. The predicted molar refractivity (Wildman–Crippen MR) is 587 cm³/mol. The third-order valence-corrected chi connectivity index (χ3v) is 28.4. The molecule has 0 spiro atoms. The van der Waals surface area contributed by atoms with Crippen LogP contribution in [0.3, 0.4) is 0 Å². The number of pyridine rings is 3. The number of para-hydroxylation sites is 3. The third kappa shape index (κ3) is 29.1. The summed E-state index contributed by atoms with van der Waals surface area (Å²) >= 11 is 15.1. The molecule has 0 fully saturated rings. The van der Waals surface area contributed by atoms with Crippen LogP contribution in [0.4, 0.5) is 85.9 Å². The zero-order valence-corrected chi connectivity index (χ0v) is 86.1. The number of nitrogens with one attached hydrogen (secondary N) is 12. The maximum atomic E-state index is 12.7. The summed E-state index contributed by atoms with van der Waals surface area (Å²) in [5, 5.41) is 73.1. The average molecular weight is 2060 g/mol. The summed E-state index contributed by atoms with van der Waals surface area (Å²) in [4.78, 5) is 101. The van der Waals surface area contributed by atoms with Gasteiger partial charge in [0.25, 0.3) is 0 Å². The minimum absolute atomic E-state index is 0.270. The highest BCUT2D eigenvalue weighted by Gasteiger charge is 2.26. The van der Waals surface area contributed by atoms with Crippen molar-refractivity contribution in [2.75, 3.05) is 166 Å². The second kappa shape index (κ2) is 51.1. The molecule has 11 aromatic heterocycles. The van der Waals surface area contributed by atoms with Crippen molar-refractivity contribution in [2.24, 2.45) is 0 Å². The summed E-state index contributed by atoms with van der Waals surface area (Å²) in [6, 6.07) is 59.3. The number of carbonyl (C=O) groups excluding carboxylic acids is 4. The molecule has 0 saturated heterocycles. The van der Waals surface area contributed by atoms with Gasteiger partial charge in [-0.25, -0.2) is 49.1 Å². The number of hydrogen-bond acceptors (Lipinski definition) is 31. The summed E-state index contributed by atoms with van der Waals surface area (Å²) in [5.74, 6) is 1.50. The Morgan fingerprint density at radius 1 is 0.451 bits per heavy atom. The number of aromatic nitrogens is 8. The number of thiazole rings is 3. The van der Waals surface area contributed by atoms with Crippen molar-refractivity contribution in [1.82, 2.24) is 64.4 Å². The largest absolute Gasteiger partial charge is 0.438 e. The molecule has 1 aliphatic rings. The zero-order valence-electron chi connectivity index (χ0n) is 80.4. The van der Waals surface area contributed by atoms with E-state index in [1.807, 2.05) is 199 Å². The van der Waals surface area contributed by atoms with Crippen LogP contribution >= 0.6 is 79.6 Å². The summed E-state index contributed by atoms with van der Waals surface area (Å²) < 4.78 is 7.88. The molecule has 33 nitrogen and oxygen atoms in total. The van der Waals surface area contributed by atoms with Crippen LogP contribution in [0.25, 0.3) is 53.1 Å². The molecule has 40 heteroatoms. The first-order chi connectivity index (χ1) is 70.0. The van der Waals surface area contributed by atoms with E-state index in [0.717, 1.165) is 195 Å². The Bertz CT molecular complexity index is 7400. The number of fused-ring (bicyclic) bond motifs is 6. The van der Waals surface area contributed by atoms with Crippen molar-refractivity contribution in [2.45, 2.75) is 64.7 Å². The van der Waals surface area contributed by atoms with E-state index in [-0.39, 0.29) is 24.1 Å². The van der Waals surface area contributed by atoms with Gasteiger partial charge in [0, 0.05) is 179 Å². The molecule has 736 valence electrons. The lowest BCUT2D eigenvalue weighted by Gasteiger charge is -2.27. The molecule has 17 aromatic rings. The van der Waals surface area contributed by atoms with Crippen molar-refractivity contribution in [3.05, 3.63) is 293 Å². The van der Waals surface area contributed by atoms with Gasteiger partial charge in [0.15, 0.2) is 15.4 Å². The molecule has 12 heterocycles. The van der Waals surface area contributed by atoms with Crippen LogP contribution in [0.15, 0.2) is 229 Å². The fourth-order valence-corrected chi connectivity index (χ4v) is 21.3. The monoisotopic (exact) mass is 2050 g/mol. The molecule has 0 saturated carbocycles. The lowest BCUT2D eigenvalue weighted by atomic mass is 10.0. The summed E-state index contributed by atoms with van der Waals surface area (Å²) in [5.41, 5.74) is 16.7. The first kappa shape index (κ1) is 103. The molecule has 0 bridgehead atoms. The molecule has 18 rings (SSSR count). The van der Waals surface area contributed by atoms with Gasteiger partial charge in [0.05, 0.1) is 59.6 Å². The quantitative estimate of drug-likeness (QED) is 0.0175. The van der Waals surface area contributed by atoms with E-state index in [1.165, 1.54) is 50.8 Å². The maximum absolute atomic E-state index is 12.7. The first-order valence-corrected chi connectivity index (χ1v) is 51.6. The summed E-state index contributed by atoms with van der Waals surface area (Å²) in [7, 11) is 16.2. The second-order valence-corrected chi connectivity index (χ2v) is 41.0. The van der Waals surface area contributed by atoms with E-state index < -0.39 is 0 Å². The van der Waals surface area contributed by atoms with Crippen LogP contribution in [0, 0.1) is 34.0 Å². The second-order valence-electron chi connectivity index (χ2n) is 34.3. The van der Waals surface area contributed by atoms with Crippen molar-refractivity contribution in [1.29, 1.82) is 15.8 Å². The van der Waals surface area contributed by atoms with E-state index >= 15 is 0 Å². The molecule has 0 radical (unpaired) electrons. The van der Waals surface area contributed by atoms with E-state index in [9.17, 15) is 35.0 Å². The first-order valence-electron chi connectivity index (χ1n) is 46.2. The van der Waals surface area contributed by atoms with E-state index in [0.29, 0.717) is 94.0 Å². The number of nitrogens with zero attached hydrogens (tertiary/aromatic N) is 16. The van der Waals surface area contributed by atoms with E-state index in [2.05, 4.69) is 160 Å². The van der Waals surface area contributed by atoms with Crippen molar-refractivity contribution >= 4 is 212 Å². The van der Waals surface area contributed by atoms with E-state index in [4.69, 9.17) is 16.0 Å². The highest BCUT2D eigenvalue weighted by atomic mass is 35.5. The molecule has 8 amide bonds. The number of nitriles is 3. The van der Waals surface area contributed by atoms with Crippen LogP contribution in [0.5, 0.6) is 0 Å². The molecular formula is C104H107ClN28O5S6. The molecule has 6 aromatic carbocycles. The van der Waals surface area contributed by atoms with Crippen LogP contribution < -0.4 is 63.8 Å². The number of carbonyl (C=O) groups is 4. The van der Waals surface area contributed by atoms with Gasteiger partial charge in [0.2, 0.25) is 5.71 Å². The Morgan fingerprint density at radius 2 is 0.924 bits per heavy atom. The number of rotatable bonds is 35. The Balaban J connectivity index is 0.000000146. The Morgan fingerprint density at radius 3 is 1.43 bits per heavy atom. The van der Waals surface area contributed by atoms with Crippen molar-refractivity contribution in [3.63, 3.8) is 0 Å². The Kier molecular flexibility index (Phi) is 36.7. The number of anilines is 12. The van der Waals surface area contributed by atoms with Gasteiger partial charge in [-0.3, -0.25) is 30.8 Å². The van der Waals surface area contributed by atoms with Gasteiger partial charge >= 0.3 is 24.1 Å². The van der Waals surface area contributed by atoms with Gasteiger partial charge in [-0.2, -0.15) is 15.8 Å². The van der Waals surface area contributed by atoms with Crippen LogP contribution in [-0.2, 0) is 58.3 Å². The van der Waals surface area contributed by atoms with Crippen molar-refractivity contribution in [3.8, 4) is 29.5 Å². The Hall–Kier alpha value is -15.0. The zero-order chi connectivity index (χ0) is 101. The van der Waals surface area contributed by atoms with Crippen LogP contribution in [0.1, 0.15) is 70.4 Å². The standard InChI is InChI=1S/C31H39N9OS2.C30H30N6O2.C23H23N7OS2.C20H15ClN6OS2/c1-38(2)13-7-14-40-15-11-24-26(20-40)43-29-27(24)28(22(16-32)17-34-29)33-12-10-23-18-35-31(42-23)37-30(41)36-25-9-6-5-8-21(25)19-39(3)4;1-36(2)19-23-10-6-7-11-26(23)35-30(37)34-24-14-12-21(13-15-24)16-17-31-28-25-18-27(22-8-4-3-5-9-22)38-29(25)33-20-32-28;1-30(2)14-15-5-3-4-6-18(15)28-22(31)29-23-27-13-17(33-23)7-9-25-20-16(11-24)12-26-19-8-10-32-21(19)20;21-13-2-1-3-14(8-13)26-19(28)27-20-25-11-15(30-20)4-6-23-17-12(9-22)10-24-16-5-7-29-18(16)17/h5-6,8-9,17-18H,7,10-15,19-20H2,1-4H3,(H,33,34)(H2,35,36,37,41);3-15,18,20H,16-17,19H2,1-2H3,(H,31,32,33)(H2,34,35,37);3-6,8,10,12-13H,7,9,14H2,1-2H3,(H,25,26)(H2,27,28,29,31);1-3,5,7-8,10-11H,4,6H2,(H,23,24)(H2,25,26,27,28). The number of furan rings is 1. The molecular weight excluding hydrogens is 1950 g/mol. The Labute approximate surface area is 862 Å². The molecule has 144 heavy (non-hydrogen) atoms. The SMILES string of the molecule is CN(C)CCCN1CCc2c(sc3ncc(C#N)c(NCCc4cnc(NC(=O)Nc5ccccc5CN(C)C)s4)c23)C1.CN(C)Cc1ccccc1NC(=O)Nc1ccc(CCNc2ncnc3oc(-c4ccccc4)cc23)cc1.CN(C)Cc1ccccc1NC(=O)Nc1ncc(CCNc2c(C#N)cnc3ccsc23)s1.N#Cc1cnc2ccsc2c1NCCc1cnc(NC(=O)Nc2cccc(Cl)c2)s1. The number of hydrogen-bond donors (Lipinski definition) is 12.